The standard InChI is InChI=1S/C14H11ClF3NOS/c15-12-2-1-3-13(20)11(12)8-19-9-4-6-10(7-5-9)21-14(16,17)18/h1-7,19-20H,8H2. The van der Waals surface area contributed by atoms with Gasteiger partial charge in [0, 0.05) is 27.7 Å². The molecule has 0 saturated heterocycles. The molecule has 0 aliphatic carbocycles. The average molecular weight is 334 g/mol. The number of thioether (sulfide) groups is 1. The molecule has 2 N–H and O–H groups in total. The summed E-state index contributed by atoms with van der Waals surface area (Å²) in [5, 5.41) is 13.1. The number of phenols is 1. The van der Waals surface area contributed by atoms with Gasteiger partial charge in [-0.1, -0.05) is 17.7 Å². The maximum absolute atomic E-state index is 12.2. The van der Waals surface area contributed by atoms with Crippen LogP contribution in [0.3, 0.4) is 0 Å². The summed E-state index contributed by atoms with van der Waals surface area (Å²) in [6.45, 7) is 0.275. The van der Waals surface area contributed by atoms with Crippen LogP contribution in [0.5, 0.6) is 5.75 Å². The van der Waals surface area contributed by atoms with Crippen molar-refractivity contribution in [1.29, 1.82) is 0 Å². The van der Waals surface area contributed by atoms with Crippen LogP contribution in [0.2, 0.25) is 5.02 Å². The average Bonchev–Trinajstić information content (AvgIpc) is 2.38. The molecule has 0 radical (unpaired) electrons. The van der Waals surface area contributed by atoms with Crippen molar-refractivity contribution in [2.45, 2.75) is 16.9 Å². The molecule has 0 saturated carbocycles. The number of phenolic OH excluding ortho intramolecular Hbond substituents is 1. The lowest BCUT2D eigenvalue weighted by atomic mass is 10.2. The van der Waals surface area contributed by atoms with Crippen LogP contribution in [0.4, 0.5) is 18.9 Å². The summed E-state index contributed by atoms with van der Waals surface area (Å²) in [5.41, 5.74) is -3.12. The van der Waals surface area contributed by atoms with Crippen molar-refractivity contribution < 1.29 is 18.3 Å². The van der Waals surface area contributed by atoms with Gasteiger partial charge in [-0.3, -0.25) is 0 Å². The fourth-order valence-electron chi connectivity index (χ4n) is 1.69. The highest BCUT2D eigenvalue weighted by atomic mass is 35.5. The number of rotatable bonds is 4. The predicted molar refractivity (Wildman–Crippen MR) is 78.8 cm³/mol. The molecule has 0 atom stereocenters. The quantitative estimate of drug-likeness (QED) is 0.748. The fourth-order valence-corrected chi connectivity index (χ4v) is 2.46. The number of aromatic hydroxyl groups is 1. The molecule has 2 aromatic rings. The van der Waals surface area contributed by atoms with Crippen LogP contribution in [0.15, 0.2) is 47.4 Å². The Bertz CT molecular complexity index is 596. The van der Waals surface area contributed by atoms with Crippen LogP contribution < -0.4 is 5.32 Å². The van der Waals surface area contributed by atoms with Gasteiger partial charge in [-0.25, -0.2) is 0 Å². The van der Waals surface area contributed by atoms with Gasteiger partial charge in [-0.15, -0.1) is 0 Å². The summed E-state index contributed by atoms with van der Waals surface area (Å²) in [6.07, 6.45) is 0. The van der Waals surface area contributed by atoms with Gasteiger partial charge in [0.25, 0.3) is 0 Å². The van der Waals surface area contributed by atoms with E-state index in [0.717, 1.165) is 0 Å². The Morgan fingerprint density at radius 3 is 2.33 bits per heavy atom. The number of hydrogen-bond donors (Lipinski definition) is 2. The van der Waals surface area contributed by atoms with E-state index in [9.17, 15) is 18.3 Å². The highest BCUT2D eigenvalue weighted by molar-refractivity contribution is 8.00. The Labute approximate surface area is 128 Å². The van der Waals surface area contributed by atoms with Crippen molar-refractivity contribution in [3.8, 4) is 5.75 Å². The van der Waals surface area contributed by atoms with Crippen molar-refractivity contribution in [3.05, 3.63) is 53.1 Å². The first-order chi connectivity index (χ1) is 9.85. The van der Waals surface area contributed by atoms with Crippen LogP contribution in [-0.4, -0.2) is 10.6 Å². The van der Waals surface area contributed by atoms with Gasteiger partial charge in [0.05, 0.1) is 0 Å². The first kappa shape index (κ1) is 15.9. The molecule has 2 nitrogen and oxygen atoms in total. The second-order valence-corrected chi connectivity index (χ2v) is 5.71. The van der Waals surface area contributed by atoms with Gasteiger partial charge in [-0.05, 0) is 48.2 Å². The van der Waals surface area contributed by atoms with Gasteiger partial charge in [0.1, 0.15) is 5.75 Å². The smallest absolute Gasteiger partial charge is 0.446 e. The van der Waals surface area contributed by atoms with Crippen molar-refractivity contribution in [2.24, 2.45) is 0 Å². The minimum atomic E-state index is -4.29. The summed E-state index contributed by atoms with van der Waals surface area (Å²) in [7, 11) is 0. The van der Waals surface area contributed by atoms with Gasteiger partial charge >= 0.3 is 5.51 Å². The van der Waals surface area contributed by atoms with Gasteiger partial charge in [-0.2, -0.15) is 13.2 Å². The Morgan fingerprint density at radius 1 is 1.10 bits per heavy atom. The lowest BCUT2D eigenvalue weighted by Gasteiger charge is -2.11. The summed E-state index contributed by atoms with van der Waals surface area (Å²) in [4.78, 5) is 0.119. The lowest BCUT2D eigenvalue weighted by Crippen LogP contribution is -2.01. The maximum Gasteiger partial charge on any atom is 0.446 e. The van der Waals surface area contributed by atoms with E-state index >= 15 is 0 Å². The van der Waals surface area contributed by atoms with Crippen molar-refractivity contribution >= 4 is 29.1 Å². The molecule has 0 heterocycles. The lowest BCUT2D eigenvalue weighted by molar-refractivity contribution is -0.0328. The SMILES string of the molecule is Oc1cccc(Cl)c1CNc1ccc(SC(F)(F)F)cc1. The molecule has 2 rings (SSSR count). The Morgan fingerprint density at radius 2 is 1.76 bits per heavy atom. The van der Waals surface area contributed by atoms with Crippen molar-refractivity contribution in [1.82, 2.24) is 0 Å². The van der Waals surface area contributed by atoms with Crippen LogP contribution in [-0.2, 0) is 6.54 Å². The molecule has 2 aromatic carbocycles. The van der Waals surface area contributed by atoms with Gasteiger partial charge in [0.15, 0.2) is 0 Å². The number of anilines is 1. The molecule has 0 aromatic heterocycles. The number of halogens is 4. The zero-order chi connectivity index (χ0) is 15.5. The van der Waals surface area contributed by atoms with Crippen molar-refractivity contribution in [2.75, 3.05) is 5.32 Å². The Balaban J connectivity index is 2.01. The Hall–Kier alpha value is -1.53. The van der Waals surface area contributed by atoms with Crippen LogP contribution in [0.1, 0.15) is 5.56 Å². The number of alkyl halides is 3. The van der Waals surface area contributed by atoms with Crippen LogP contribution in [0, 0.1) is 0 Å². The third-order valence-corrected chi connectivity index (χ3v) is 3.74. The summed E-state index contributed by atoms with van der Waals surface area (Å²) in [6, 6.07) is 10.7. The molecular weight excluding hydrogens is 323 g/mol. The van der Waals surface area contributed by atoms with Gasteiger partial charge in [0.2, 0.25) is 0 Å². The number of benzene rings is 2. The fraction of sp³-hybridized carbons (Fsp3) is 0.143. The largest absolute Gasteiger partial charge is 0.508 e. The molecule has 0 aliphatic rings. The zero-order valence-electron chi connectivity index (χ0n) is 10.6. The van der Waals surface area contributed by atoms with E-state index in [1.165, 1.54) is 18.2 Å². The summed E-state index contributed by atoms with van der Waals surface area (Å²) < 4.78 is 36.6. The molecule has 0 fully saturated rings. The van der Waals surface area contributed by atoms with Crippen LogP contribution >= 0.6 is 23.4 Å². The van der Waals surface area contributed by atoms with Gasteiger partial charge < -0.3 is 10.4 Å². The molecule has 0 aliphatic heterocycles. The zero-order valence-corrected chi connectivity index (χ0v) is 12.2. The molecular formula is C14H11ClF3NOS. The summed E-state index contributed by atoms with van der Waals surface area (Å²) in [5.74, 6) is 0.0687. The van der Waals surface area contributed by atoms with E-state index in [4.69, 9.17) is 11.6 Å². The second-order valence-electron chi connectivity index (χ2n) is 4.16. The highest BCUT2D eigenvalue weighted by Gasteiger charge is 2.28. The summed E-state index contributed by atoms with van der Waals surface area (Å²) >= 11 is 5.81. The van der Waals surface area contributed by atoms with E-state index in [2.05, 4.69) is 5.32 Å². The number of hydrogen-bond acceptors (Lipinski definition) is 3. The van der Waals surface area contributed by atoms with E-state index in [1.54, 1.807) is 24.3 Å². The molecule has 0 bridgehead atoms. The van der Waals surface area contributed by atoms with E-state index in [-0.39, 0.29) is 29.0 Å². The Kier molecular flexibility index (Phi) is 4.90. The normalized spacial score (nSPS) is 11.4. The predicted octanol–water partition coefficient (Wildman–Crippen LogP) is 5.27. The molecule has 0 unspecified atom stereocenters. The number of nitrogens with one attached hydrogen (secondary N) is 1. The topological polar surface area (TPSA) is 32.3 Å². The first-order valence-corrected chi connectivity index (χ1v) is 7.10. The maximum atomic E-state index is 12.2. The minimum absolute atomic E-state index is 0.0687. The third kappa shape index (κ3) is 4.75. The molecule has 112 valence electrons. The van der Waals surface area contributed by atoms with E-state index in [0.29, 0.717) is 16.3 Å². The first-order valence-electron chi connectivity index (χ1n) is 5.91. The molecule has 0 amide bonds. The molecule has 21 heavy (non-hydrogen) atoms. The monoisotopic (exact) mass is 333 g/mol. The molecule has 7 heteroatoms. The van der Waals surface area contributed by atoms with Crippen molar-refractivity contribution in [3.63, 3.8) is 0 Å². The van der Waals surface area contributed by atoms with E-state index < -0.39 is 5.51 Å². The van der Waals surface area contributed by atoms with E-state index in [1.807, 2.05) is 0 Å². The molecule has 0 spiro atoms. The highest BCUT2D eigenvalue weighted by Crippen LogP contribution is 2.37. The van der Waals surface area contributed by atoms with Crippen LogP contribution in [0.25, 0.3) is 0 Å². The third-order valence-electron chi connectivity index (χ3n) is 2.65. The second kappa shape index (κ2) is 6.49. The minimum Gasteiger partial charge on any atom is -0.508 e.